The summed E-state index contributed by atoms with van der Waals surface area (Å²) in [5, 5.41) is 5.76. The van der Waals surface area contributed by atoms with Gasteiger partial charge >= 0.3 is 0 Å². The molecule has 2 rings (SSSR count). The van der Waals surface area contributed by atoms with Gasteiger partial charge in [0.2, 0.25) is 10.0 Å². The largest absolute Gasteiger partial charge is 0.314 e. The summed E-state index contributed by atoms with van der Waals surface area (Å²) in [6.07, 6.45) is 4.11. The summed E-state index contributed by atoms with van der Waals surface area (Å²) >= 11 is 1.35. The molecule has 7 heteroatoms. The number of nitrogens with zero attached hydrogens (tertiary/aromatic N) is 1. The molecular weight excluding hydrogens is 294 g/mol. The number of rotatable bonds is 9. The molecule has 114 valence electrons. The Balaban J connectivity index is 1.71. The number of anilines is 1. The van der Waals surface area contributed by atoms with E-state index in [1.807, 2.05) is 19.2 Å². The monoisotopic (exact) mass is 317 g/mol. The van der Waals surface area contributed by atoms with E-state index in [0.717, 1.165) is 18.7 Å². The molecule has 0 atom stereocenters. The lowest BCUT2D eigenvalue weighted by Crippen LogP contribution is -2.20. The first kappa shape index (κ1) is 15.7. The van der Waals surface area contributed by atoms with Gasteiger partial charge in [0.15, 0.2) is 5.13 Å². The van der Waals surface area contributed by atoms with Gasteiger partial charge in [-0.2, -0.15) is 0 Å². The van der Waals surface area contributed by atoms with Gasteiger partial charge in [-0.15, -0.1) is 11.3 Å². The van der Waals surface area contributed by atoms with Crippen LogP contribution in [0, 0.1) is 0 Å². The van der Waals surface area contributed by atoms with Crippen LogP contribution in [0.15, 0.2) is 5.38 Å². The molecule has 5 nitrogen and oxygen atoms in total. The van der Waals surface area contributed by atoms with Crippen molar-refractivity contribution in [3.63, 3.8) is 0 Å². The summed E-state index contributed by atoms with van der Waals surface area (Å²) in [5.74, 6) is 0.480. The Labute approximate surface area is 125 Å². The lowest BCUT2D eigenvalue weighted by atomic mass is 10.2. The number of nitrogens with one attached hydrogen (secondary N) is 2. The van der Waals surface area contributed by atoms with Crippen LogP contribution in [0.5, 0.6) is 0 Å². The van der Waals surface area contributed by atoms with Gasteiger partial charge in [-0.1, -0.05) is 13.8 Å². The third-order valence-corrected chi connectivity index (χ3v) is 5.44. The molecule has 0 spiro atoms. The van der Waals surface area contributed by atoms with Crippen LogP contribution in [0.1, 0.15) is 51.1 Å². The predicted molar refractivity (Wildman–Crippen MR) is 83.9 cm³/mol. The highest BCUT2D eigenvalue weighted by Gasteiger charge is 2.19. The molecule has 1 aliphatic carbocycles. The highest BCUT2D eigenvalue weighted by Crippen LogP contribution is 2.22. The van der Waals surface area contributed by atoms with Gasteiger partial charge in [0, 0.05) is 11.4 Å². The Kier molecular flexibility index (Phi) is 5.40. The third-order valence-electron chi connectivity index (χ3n) is 3.21. The van der Waals surface area contributed by atoms with Crippen molar-refractivity contribution in [3.8, 4) is 0 Å². The van der Waals surface area contributed by atoms with Gasteiger partial charge in [0.05, 0.1) is 11.4 Å². The summed E-state index contributed by atoms with van der Waals surface area (Å²) in [6, 6.07) is 0.689. The number of aromatic nitrogens is 1. The van der Waals surface area contributed by atoms with E-state index in [9.17, 15) is 8.42 Å². The van der Waals surface area contributed by atoms with Gasteiger partial charge in [-0.25, -0.2) is 13.4 Å². The highest BCUT2D eigenvalue weighted by atomic mass is 32.2. The summed E-state index contributed by atoms with van der Waals surface area (Å²) < 4.78 is 26.4. The van der Waals surface area contributed by atoms with Crippen molar-refractivity contribution in [1.29, 1.82) is 0 Å². The molecule has 0 bridgehead atoms. The minimum atomic E-state index is -3.26. The van der Waals surface area contributed by atoms with Gasteiger partial charge in [0.25, 0.3) is 0 Å². The molecule has 0 aromatic carbocycles. The predicted octanol–water partition coefficient (Wildman–Crippen LogP) is 2.54. The average Bonchev–Trinajstić information content (AvgIpc) is 3.06. The highest BCUT2D eigenvalue weighted by molar-refractivity contribution is 7.92. The standard InChI is InChI=1S/C13H23N3O2S2/c1-10(2)12-9-19-13(15-12)16-20(17,18)8-4-3-7-14-11-5-6-11/h9-11,14H,3-8H2,1-2H3,(H,15,16). The quantitative estimate of drug-likeness (QED) is 0.687. The fourth-order valence-corrected chi connectivity index (χ4v) is 4.08. The van der Waals surface area contributed by atoms with Gasteiger partial charge in [0.1, 0.15) is 0 Å². The van der Waals surface area contributed by atoms with Crippen LogP contribution in [-0.2, 0) is 10.0 Å². The zero-order chi connectivity index (χ0) is 14.6. The van der Waals surface area contributed by atoms with Gasteiger partial charge in [-0.3, -0.25) is 4.72 Å². The molecule has 20 heavy (non-hydrogen) atoms. The first-order valence-electron chi connectivity index (χ1n) is 7.15. The summed E-state index contributed by atoms with van der Waals surface area (Å²) in [7, 11) is -3.26. The van der Waals surface area contributed by atoms with Crippen molar-refractivity contribution in [2.75, 3.05) is 17.0 Å². The number of thiazole rings is 1. The normalized spacial score (nSPS) is 15.8. The van der Waals surface area contributed by atoms with Crippen LogP contribution in [0.3, 0.4) is 0 Å². The van der Waals surface area contributed by atoms with E-state index in [2.05, 4.69) is 15.0 Å². The van der Waals surface area contributed by atoms with Crippen molar-refractivity contribution >= 4 is 26.5 Å². The zero-order valence-electron chi connectivity index (χ0n) is 12.1. The van der Waals surface area contributed by atoms with E-state index in [-0.39, 0.29) is 5.75 Å². The Morgan fingerprint density at radius 2 is 2.15 bits per heavy atom. The van der Waals surface area contributed by atoms with Crippen LogP contribution >= 0.6 is 11.3 Å². The van der Waals surface area contributed by atoms with Crippen molar-refractivity contribution in [2.45, 2.75) is 51.5 Å². The Bertz CT molecular complexity index is 521. The summed E-state index contributed by atoms with van der Waals surface area (Å²) in [6.45, 7) is 5.00. The molecule has 1 aromatic heterocycles. The Hall–Kier alpha value is -0.660. The molecule has 0 amide bonds. The molecule has 1 saturated carbocycles. The van der Waals surface area contributed by atoms with Gasteiger partial charge in [-0.05, 0) is 38.1 Å². The zero-order valence-corrected chi connectivity index (χ0v) is 13.7. The number of hydrogen-bond acceptors (Lipinski definition) is 5. The molecule has 0 radical (unpaired) electrons. The molecule has 2 N–H and O–H groups in total. The number of sulfonamides is 1. The minimum absolute atomic E-state index is 0.163. The van der Waals surface area contributed by atoms with E-state index < -0.39 is 10.0 Å². The van der Waals surface area contributed by atoms with Gasteiger partial charge < -0.3 is 5.32 Å². The first-order chi connectivity index (χ1) is 9.46. The smallest absolute Gasteiger partial charge is 0.234 e. The second-order valence-electron chi connectivity index (χ2n) is 5.59. The van der Waals surface area contributed by atoms with Crippen molar-refractivity contribution in [2.24, 2.45) is 0 Å². The molecule has 0 aliphatic heterocycles. The van der Waals surface area contributed by atoms with E-state index in [4.69, 9.17) is 0 Å². The molecule has 1 aliphatic rings. The van der Waals surface area contributed by atoms with Crippen molar-refractivity contribution in [1.82, 2.24) is 10.3 Å². The number of unbranched alkanes of at least 4 members (excludes halogenated alkanes) is 1. The van der Waals surface area contributed by atoms with Crippen molar-refractivity contribution in [3.05, 3.63) is 11.1 Å². The maximum absolute atomic E-state index is 11.9. The molecule has 0 unspecified atom stereocenters. The SMILES string of the molecule is CC(C)c1csc(NS(=O)(=O)CCCCNC2CC2)n1. The lowest BCUT2D eigenvalue weighted by Gasteiger charge is -2.06. The van der Waals surface area contributed by atoms with Crippen LogP contribution in [-0.4, -0.2) is 31.7 Å². The average molecular weight is 317 g/mol. The topological polar surface area (TPSA) is 71.1 Å². The van der Waals surface area contributed by atoms with E-state index in [1.165, 1.54) is 24.2 Å². The molecule has 1 fully saturated rings. The second-order valence-corrected chi connectivity index (χ2v) is 8.29. The van der Waals surface area contributed by atoms with Crippen LogP contribution in [0.4, 0.5) is 5.13 Å². The van der Waals surface area contributed by atoms with E-state index in [1.54, 1.807) is 0 Å². The first-order valence-corrected chi connectivity index (χ1v) is 9.69. The number of hydrogen-bond donors (Lipinski definition) is 2. The van der Waals surface area contributed by atoms with Crippen LogP contribution < -0.4 is 10.0 Å². The van der Waals surface area contributed by atoms with Crippen molar-refractivity contribution < 1.29 is 8.42 Å². The Morgan fingerprint density at radius 1 is 1.40 bits per heavy atom. The minimum Gasteiger partial charge on any atom is -0.314 e. The van der Waals surface area contributed by atoms with Crippen LogP contribution in [0.25, 0.3) is 0 Å². The summed E-state index contributed by atoms with van der Waals surface area (Å²) in [5.41, 5.74) is 0.932. The second kappa shape index (κ2) is 6.87. The van der Waals surface area contributed by atoms with E-state index >= 15 is 0 Å². The molecule has 1 heterocycles. The summed E-state index contributed by atoms with van der Waals surface area (Å²) in [4.78, 5) is 4.29. The van der Waals surface area contributed by atoms with E-state index in [0.29, 0.717) is 23.5 Å². The molecule has 1 aromatic rings. The maximum Gasteiger partial charge on any atom is 0.234 e. The molecule has 0 saturated heterocycles. The molecular formula is C13H23N3O2S2. The lowest BCUT2D eigenvalue weighted by molar-refractivity contribution is 0.591. The fraction of sp³-hybridized carbons (Fsp3) is 0.769. The maximum atomic E-state index is 11.9. The fourth-order valence-electron chi connectivity index (χ4n) is 1.79. The Morgan fingerprint density at radius 3 is 2.75 bits per heavy atom. The third kappa shape index (κ3) is 5.38. The van der Waals surface area contributed by atoms with Crippen LogP contribution in [0.2, 0.25) is 0 Å².